The molecule has 4 aromatic rings. The van der Waals surface area contributed by atoms with Crippen LogP contribution in [0, 0.1) is 17.2 Å². The highest BCUT2D eigenvalue weighted by Gasteiger charge is 2.22. The van der Waals surface area contributed by atoms with Crippen molar-refractivity contribution in [2.24, 2.45) is 5.92 Å². The molecule has 0 spiro atoms. The molecule has 2 aromatic heterocycles. The maximum atomic E-state index is 13.5. The Bertz CT molecular complexity index is 1290. The third kappa shape index (κ3) is 3.85. The van der Waals surface area contributed by atoms with Crippen molar-refractivity contribution in [3.05, 3.63) is 59.8 Å². The SMILES string of the molecule is N#Cc1ccc(NC(=O)c2cc3ccccc3n2CC2CCCCC2)c(-c2nn[nH]n2)c1. The molecule has 8 nitrogen and oxygen atoms in total. The molecule has 2 N–H and O–H groups in total. The van der Waals surface area contributed by atoms with Gasteiger partial charge in [0.2, 0.25) is 5.82 Å². The number of fused-ring (bicyclic) bond motifs is 1. The second-order valence-corrected chi connectivity index (χ2v) is 8.26. The van der Waals surface area contributed by atoms with Gasteiger partial charge in [0.1, 0.15) is 5.69 Å². The molecule has 1 saturated carbocycles. The lowest BCUT2D eigenvalue weighted by molar-refractivity contribution is 0.101. The van der Waals surface area contributed by atoms with Crippen LogP contribution >= 0.6 is 0 Å². The average molecular weight is 425 g/mol. The van der Waals surface area contributed by atoms with Crippen LogP contribution in [0.15, 0.2) is 48.5 Å². The van der Waals surface area contributed by atoms with Gasteiger partial charge < -0.3 is 9.88 Å². The highest BCUT2D eigenvalue weighted by Crippen LogP contribution is 2.30. The Morgan fingerprint density at radius 2 is 2.00 bits per heavy atom. The summed E-state index contributed by atoms with van der Waals surface area (Å²) >= 11 is 0. The standard InChI is InChI=1S/C24H23N7O/c25-14-17-10-11-20(19(12-17)23-27-29-30-28-23)26-24(32)22-13-18-8-4-5-9-21(18)31(22)15-16-6-2-1-3-7-16/h4-5,8-13,16H,1-3,6-7,15H2,(H,26,32)(H,27,28,29,30). The van der Waals surface area contributed by atoms with E-state index in [9.17, 15) is 10.1 Å². The summed E-state index contributed by atoms with van der Waals surface area (Å²) in [5.41, 5.74) is 3.22. The van der Waals surface area contributed by atoms with Crippen LogP contribution in [0.3, 0.4) is 0 Å². The second kappa shape index (κ2) is 8.63. The minimum atomic E-state index is -0.202. The predicted molar refractivity (Wildman–Crippen MR) is 121 cm³/mol. The Labute approximate surface area is 185 Å². The number of nitriles is 1. The van der Waals surface area contributed by atoms with Gasteiger partial charge in [-0.2, -0.15) is 10.5 Å². The molecule has 32 heavy (non-hydrogen) atoms. The zero-order valence-corrected chi connectivity index (χ0v) is 17.6. The minimum absolute atomic E-state index is 0.202. The van der Waals surface area contributed by atoms with Crippen molar-refractivity contribution < 1.29 is 4.79 Å². The van der Waals surface area contributed by atoms with Crippen LogP contribution in [0.25, 0.3) is 22.3 Å². The molecule has 0 radical (unpaired) electrons. The number of benzene rings is 2. The Morgan fingerprint density at radius 1 is 1.16 bits per heavy atom. The number of anilines is 1. The first-order chi connectivity index (χ1) is 15.7. The van der Waals surface area contributed by atoms with Gasteiger partial charge in [-0.1, -0.05) is 37.5 Å². The molecule has 0 bridgehead atoms. The van der Waals surface area contributed by atoms with Crippen LogP contribution in [0.1, 0.15) is 48.2 Å². The fourth-order valence-electron chi connectivity index (χ4n) is 4.59. The van der Waals surface area contributed by atoms with Crippen molar-refractivity contribution in [3.63, 3.8) is 0 Å². The maximum Gasteiger partial charge on any atom is 0.272 e. The van der Waals surface area contributed by atoms with Crippen LogP contribution in [0.5, 0.6) is 0 Å². The highest BCUT2D eigenvalue weighted by atomic mass is 16.2. The number of hydrogen-bond donors (Lipinski definition) is 2. The van der Waals surface area contributed by atoms with Crippen molar-refractivity contribution in [2.45, 2.75) is 38.6 Å². The summed E-state index contributed by atoms with van der Waals surface area (Å²) in [6.07, 6.45) is 6.21. The van der Waals surface area contributed by atoms with E-state index < -0.39 is 0 Å². The van der Waals surface area contributed by atoms with Crippen LogP contribution in [-0.2, 0) is 6.54 Å². The first kappa shape index (κ1) is 19.9. The van der Waals surface area contributed by atoms with Crippen LogP contribution in [0.4, 0.5) is 5.69 Å². The number of carbonyl (C=O) groups is 1. The number of aromatic amines is 1. The molecular formula is C24H23N7O. The van der Waals surface area contributed by atoms with Crippen molar-refractivity contribution in [1.29, 1.82) is 5.26 Å². The van der Waals surface area contributed by atoms with Gasteiger partial charge in [0, 0.05) is 23.0 Å². The lowest BCUT2D eigenvalue weighted by Crippen LogP contribution is -2.21. The Hall–Kier alpha value is -3.99. The van der Waals surface area contributed by atoms with Crippen LogP contribution in [-0.4, -0.2) is 31.1 Å². The number of tetrazole rings is 1. The topological polar surface area (TPSA) is 112 Å². The quantitative estimate of drug-likeness (QED) is 0.488. The molecule has 5 rings (SSSR count). The van der Waals surface area contributed by atoms with E-state index in [1.54, 1.807) is 18.2 Å². The van der Waals surface area contributed by atoms with Gasteiger partial charge in [0.15, 0.2) is 0 Å². The van der Waals surface area contributed by atoms with E-state index in [1.807, 2.05) is 24.3 Å². The summed E-state index contributed by atoms with van der Waals surface area (Å²) in [5.74, 6) is 0.697. The molecule has 8 heteroatoms. The molecule has 1 aliphatic carbocycles. The van der Waals surface area contributed by atoms with Gasteiger partial charge in [-0.15, -0.1) is 10.2 Å². The van der Waals surface area contributed by atoms with Crippen LogP contribution in [0.2, 0.25) is 0 Å². The molecule has 0 saturated heterocycles. The fraction of sp³-hybridized carbons (Fsp3) is 0.292. The number of amides is 1. The van der Waals surface area contributed by atoms with Gasteiger partial charge in [0.25, 0.3) is 5.91 Å². The number of hydrogen-bond acceptors (Lipinski definition) is 5. The number of nitrogens with zero attached hydrogens (tertiary/aromatic N) is 5. The summed E-state index contributed by atoms with van der Waals surface area (Å²) in [6.45, 7) is 0.835. The summed E-state index contributed by atoms with van der Waals surface area (Å²) < 4.78 is 2.15. The van der Waals surface area contributed by atoms with E-state index in [0.717, 1.165) is 17.4 Å². The largest absolute Gasteiger partial charge is 0.336 e. The fourth-order valence-corrected chi connectivity index (χ4v) is 4.59. The minimum Gasteiger partial charge on any atom is -0.336 e. The second-order valence-electron chi connectivity index (χ2n) is 8.26. The normalized spacial score (nSPS) is 14.3. The van der Waals surface area contributed by atoms with E-state index in [0.29, 0.717) is 34.3 Å². The van der Waals surface area contributed by atoms with E-state index in [4.69, 9.17) is 0 Å². The molecule has 1 fully saturated rings. The number of carbonyl (C=O) groups excluding carboxylic acids is 1. The Kier molecular flexibility index (Phi) is 5.38. The van der Waals surface area contributed by atoms with Crippen molar-refractivity contribution >= 4 is 22.5 Å². The first-order valence-electron chi connectivity index (χ1n) is 10.9. The third-order valence-electron chi connectivity index (χ3n) is 6.19. The molecule has 0 unspecified atom stereocenters. The number of para-hydroxylation sites is 1. The van der Waals surface area contributed by atoms with E-state index in [-0.39, 0.29) is 5.91 Å². The number of rotatable bonds is 5. The van der Waals surface area contributed by atoms with E-state index in [1.165, 1.54) is 32.1 Å². The van der Waals surface area contributed by atoms with Crippen molar-refractivity contribution in [1.82, 2.24) is 25.2 Å². The van der Waals surface area contributed by atoms with Gasteiger partial charge in [-0.25, -0.2) is 0 Å². The Balaban J connectivity index is 1.51. The molecule has 1 amide bonds. The molecule has 2 aromatic carbocycles. The first-order valence-corrected chi connectivity index (χ1v) is 10.9. The summed E-state index contributed by atoms with van der Waals surface area (Å²) in [6, 6.07) is 17.2. The Morgan fingerprint density at radius 3 is 2.78 bits per heavy atom. The molecule has 1 aliphatic rings. The summed E-state index contributed by atoms with van der Waals surface area (Å²) in [4.78, 5) is 13.5. The monoisotopic (exact) mass is 425 g/mol. The summed E-state index contributed by atoms with van der Waals surface area (Å²) in [7, 11) is 0. The van der Waals surface area contributed by atoms with Gasteiger partial charge in [-0.3, -0.25) is 4.79 Å². The zero-order valence-electron chi connectivity index (χ0n) is 17.6. The molecule has 2 heterocycles. The number of aromatic nitrogens is 5. The van der Waals surface area contributed by atoms with Crippen LogP contribution < -0.4 is 5.32 Å². The molecule has 160 valence electrons. The van der Waals surface area contributed by atoms with E-state index >= 15 is 0 Å². The molecular weight excluding hydrogens is 402 g/mol. The highest BCUT2D eigenvalue weighted by molar-refractivity contribution is 6.08. The van der Waals surface area contributed by atoms with Crippen molar-refractivity contribution in [2.75, 3.05) is 5.32 Å². The number of nitrogens with one attached hydrogen (secondary N) is 2. The van der Waals surface area contributed by atoms with E-state index in [2.05, 4.69) is 42.6 Å². The predicted octanol–water partition coefficient (Wildman–Crippen LogP) is 4.53. The molecule has 0 aliphatic heterocycles. The average Bonchev–Trinajstić information content (AvgIpc) is 3.49. The van der Waals surface area contributed by atoms with Gasteiger partial charge in [0.05, 0.1) is 17.3 Å². The lowest BCUT2D eigenvalue weighted by atomic mass is 9.89. The third-order valence-corrected chi connectivity index (χ3v) is 6.19. The lowest BCUT2D eigenvalue weighted by Gasteiger charge is -2.23. The van der Waals surface area contributed by atoms with Crippen molar-refractivity contribution in [3.8, 4) is 17.5 Å². The smallest absolute Gasteiger partial charge is 0.272 e. The van der Waals surface area contributed by atoms with Gasteiger partial charge >= 0.3 is 0 Å². The molecule has 0 atom stereocenters. The van der Waals surface area contributed by atoms with Gasteiger partial charge in [-0.05, 0) is 54.3 Å². The zero-order chi connectivity index (χ0) is 21.9. The summed E-state index contributed by atoms with van der Waals surface area (Å²) in [5, 5.41) is 27.4. The maximum absolute atomic E-state index is 13.5. The number of H-pyrrole nitrogens is 1.